The van der Waals surface area contributed by atoms with Crippen molar-refractivity contribution in [1.82, 2.24) is 0 Å². The van der Waals surface area contributed by atoms with Crippen LogP contribution in [0.2, 0.25) is 0 Å². The predicted molar refractivity (Wildman–Crippen MR) is 57.6 cm³/mol. The number of aliphatic hydroxyl groups excluding tert-OH is 1. The van der Waals surface area contributed by atoms with Crippen molar-refractivity contribution < 1.29 is 5.11 Å². The molecule has 0 aromatic heterocycles. The Balaban J connectivity index is 2.86. The quantitative estimate of drug-likeness (QED) is 0.852. The summed E-state index contributed by atoms with van der Waals surface area (Å²) < 4.78 is 1.04. The van der Waals surface area contributed by atoms with E-state index in [4.69, 9.17) is 5.73 Å². The smallest absolute Gasteiger partial charge is 0.0592 e. The van der Waals surface area contributed by atoms with Crippen molar-refractivity contribution in [2.45, 2.75) is 18.9 Å². The van der Waals surface area contributed by atoms with Gasteiger partial charge in [-0.05, 0) is 24.6 Å². The van der Waals surface area contributed by atoms with Crippen molar-refractivity contribution in [3.63, 3.8) is 0 Å². The minimum Gasteiger partial charge on any atom is -0.393 e. The van der Waals surface area contributed by atoms with E-state index in [2.05, 4.69) is 15.9 Å². The van der Waals surface area contributed by atoms with Crippen LogP contribution in [0.15, 0.2) is 28.7 Å². The molecule has 0 fully saturated rings. The largest absolute Gasteiger partial charge is 0.393 e. The van der Waals surface area contributed by atoms with Crippen molar-refractivity contribution in [1.29, 1.82) is 0 Å². The molecule has 1 rings (SSSR count). The number of halogens is 1. The van der Waals surface area contributed by atoms with Gasteiger partial charge in [-0.3, -0.25) is 0 Å². The lowest BCUT2D eigenvalue weighted by molar-refractivity contribution is 0.164. The summed E-state index contributed by atoms with van der Waals surface area (Å²) in [6.45, 7) is 2.23. The van der Waals surface area contributed by atoms with Crippen LogP contribution in [-0.2, 0) is 0 Å². The van der Waals surface area contributed by atoms with E-state index in [0.717, 1.165) is 10.0 Å². The molecular weight excluding hydrogens is 230 g/mol. The Hall–Kier alpha value is -0.380. The van der Waals surface area contributed by atoms with Gasteiger partial charge in [0.05, 0.1) is 6.10 Å². The number of benzene rings is 1. The fraction of sp³-hybridized carbons (Fsp3) is 0.400. The van der Waals surface area contributed by atoms with Crippen LogP contribution in [0.1, 0.15) is 18.4 Å². The molecule has 0 bridgehead atoms. The fourth-order valence-corrected chi connectivity index (χ4v) is 1.59. The van der Waals surface area contributed by atoms with Crippen LogP contribution in [0.3, 0.4) is 0 Å². The molecule has 2 nitrogen and oxygen atoms in total. The second-order valence-electron chi connectivity index (χ2n) is 3.13. The Morgan fingerprint density at radius 3 is 2.31 bits per heavy atom. The Labute approximate surface area is 86.9 Å². The van der Waals surface area contributed by atoms with Crippen molar-refractivity contribution in [2.75, 3.05) is 6.54 Å². The van der Waals surface area contributed by atoms with Crippen LogP contribution in [0.4, 0.5) is 0 Å². The summed E-state index contributed by atoms with van der Waals surface area (Å²) in [6.07, 6.45) is -0.397. The number of nitrogens with two attached hydrogens (primary N) is 1. The van der Waals surface area contributed by atoms with E-state index in [1.54, 1.807) is 6.92 Å². The van der Waals surface area contributed by atoms with Crippen LogP contribution >= 0.6 is 15.9 Å². The molecule has 2 atom stereocenters. The van der Waals surface area contributed by atoms with Gasteiger partial charge in [0.1, 0.15) is 0 Å². The van der Waals surface area contributed by atoms with Crippen LogP contribution in [0, 0.1) is 0 Å². The number of hydrogen-bond acceptors (Lipinski definition) is 2. The van der Waals surface area contributed by atoms with E-state index in [9.17, 15) is 5.11 Å². The first-order valence-electron chi connectivity index (χ1n) is 4.28. The van der Waals surface area contributed by atoms with E-state index in [-0.39, 0.29) is 5.92 Å². The van der Waals surface area contributed by atoms with Crippen LogP contribution in [0.25, 0.3) is 0 Å². The summed E-state index contributed by atoms with van der Waals surface area (Å²) in [5.74, 6) is 0.0353. The van der Waals surface area contributed by atoms with Gasteiger partial charge in [-0.15, -0.1) is 0 Å². The average molecular weight is 244 g/mol. The lowest BCUT2D eigenvalue weighted by Gasteiger charge is -2.18. The summed E-state index contributed by atoms with van der Waals surface area (Å²) in [6, 6.07) is 7.88. The van der Waals surface area contributed by atoms with Gasteiger partial charge in [-0.1, -0.05) is 28.1 Å². The molecule has 0 radical (unpaired) electrons. The maximum Gasteiger partial charge on any atom is 0.0592 e. The molecule has 3 N–H and O–H groups in total. The van der Waals surface area contributed by atoms with E-state index >= 15 is 0 Å². The molecule has 1 aromatic carbocycles. The van der Waals surface area contributed by atoms with Crippen LogP contribution in [0.5, 0.6) is 0 Å². The molecule has 72 valence electrons. The van der Waals surface area contributed by atoms with Gasteiger partial charge in [-0.25, -0.2) is 0 Å². The number of aliphatic hydroxyl groups is 1. The molecule has 0 aliphatic rings. The second-order valence-corrected chi connectivity index (χ2v) is 4.05. The molecule has 0 amide bonds. The third kappa shape index (κ3) is 2.79. The molecular formula is C10H14BrNO. The van der Waals surface area contributed by atoms with Gasteiger partial charge in [0, 0.05) is 16.9 Å². The molecule has 0 aliphatic carbocycles. The zero-order chi connectivity index (χ0) is 9.84. The average Bonchev–Trinajstić information content (AvgIpc) is 2.09. The Kier molecular flexibility index (Phi) is 3.90. The third-order valence-electron chi connectivity index (χ3n) is 2.13. The van der Waals surface area contributed by atoms with E-state index < -0.39 is 6.10 Å². The minimum atomic E-state index is -0.397. The zero-order valence-corrected chi connectivity index (χ0v) is 9.16. The number of rotatable bonds is 3. The Morgan fingerprint density at radius 1 is 1.38 bits per heavy atom. The SMILES string of the molecule is CC(O)C(CN)c1ccc(Br)cc1. The maximum atomic E-state index is 9.44. The molecule has 13 heavy (non-hydrogen) atoms. The molecule has 3 heteroatoms. The summed E-state index contributed by atoms with van der Waals surface area (Å²) in [4.78, 5) is 0. The summed E-state index contributed by atoms with van der Waals surface area (Å²) >= 11 is 3.36. The molecule has 0 aliphatic heterocycles. The molecule has 0 saturated heterocycles. The number of hydrogen-bond donors (Lipinski definition) is 2. The van der Waals surface area contributed by atoms with Crippen LogP contribution in [-0.4, -0.2) is 17.8 Å². The molecule has 0 heterocycles. The molecule has 0 saturated carbocycles. The van der Waals surface area contributed by atoms with Gasteiger partial charge in [0.2, 0.25) is 0 Å². The van der Waals surface area contributed by atoms with Crippen molar-refractivity contribution in [2.24, 2.45) is 5.73 Å². The van der Waals surface area contributed by atoms with Crippen molar-refractivity contribution in [3.05, 3.63) is 34.3 Å². The highest BCUT2D eigenvalue weighted by atomic mass is 79.9. The first-order valence-corrected chi connectivity index (χ1v) is 5.08. The summed E-state index contributed by atoms with van der Waals surface area (Å²) in [5, 5.41) is 9.44. The van der Waals surface area contributed by atoms with E-state index in [1.807, 2.05) is 24.3 Å². The minimum absolute atomic E-state index is 0.0353. The highest BCUT2D eigenvalue weighted by Gasteiger charge is 2.14. The first kappa shape index (κ1) is 10.7. The van der Waals surface area contributed by atoms with E-state index in [0.29, 0.717) is 6.54 Å². The molecule has 2 unspecified atom stereocenters. The second kappa shape index (κ2) is 4.74. The van der Waals surface area contributed by atoms with E-state index in [1.165, 1.54) is 0 Å². The van der Waals surface area contributed by atoms with Crippen molar-refractivity contribution >= 4 is 15.9 Å². The van der Waals surface area contributed by atoms with Gasteiger partial charge in [0.15, 0.2) is 0 Å². The molecule has 0 spiro atoms. The lowest BCUT2D eigenvalue weighted by Crippen LogP contribution is -2.23. The Morgan fingerprint density at radius 2 is 1.92 bits per heavy atom. The third-order valence-corrected chi connectivity index (χ3v) is 2.66. The van der Waals surface area contributed by atoms with Gasteiger partial charge >= 0.3 is 0 Å². The summed E-state index contributed by atoms with van der Waals surface area (Å²) in [5.41, 5.74) is 6.66. The highest BCUT2D eigenvalue weighted by molar-refractivity contribution is 9.10. The summed E-state index contributed by atoms with van der Waals surface area (Å²) in [7, 11) is 0. The molecule has 1 aromatic rings. The first-order chi connectivity index (χ1) is 6.15. The standard InChI is InChI=1S/C10H14BrNO/c1-7(13)10(6-12)8-2-4-9(11)5-3-8/h2-5,7,10,13H,6,12H2,1H3. The zero-order valence-electron chi connectivity index (χ0n) is 7.57. The van der Waals surface area contributed by atoms with Crippen molar-refractivity contribution in [3.8, 4) is 0 Å². The maximum absolute atomic E-state index is 9.44. The predicted octanol–water partition coefficient (Wildman–Crippen LogP) is 1.87. The van der Waals surface area contributed by atoms with Crippen LogP contribution < -0.4 is 5.73 Å². The van der Waals surface area contributed by atoms with Gasteiger partial charge in [-0.2, -0.15) is 0 Å². The fourth-order valence-electron chi connectivity index (χ4n) is 1.32. The van der Waals surface area contributed by atoms with Gasteiger partial charge < -0.3 is 10.8 Å². The topological polar surface area (TPSA) is 46.2 Å². The lowest BCUT2D eigenvalue weighted by atomic mass is 9.95. The Bertz CT molecular complexity index is 258. The van der Waals surface area contributed by atoms with Gasteiger partial charge in [0.25, 0.3) is 0 Å². The highest BCUT2D eigenvalue weighted by Crippen LogP contribution is 2.20. The normalized spacial score (nSPS) is 15.4. The monoisotopic (exact) mass is 243 g/mol.